The molecule has 0 saturated carbocycles. The van der Waals surface area contributed by atoms with Crippen LogP contribution in [0.2, 0.25) is 0 Å². The van der Waals surface area contributed by atoms with Gasteiger partial charge >= 0.3 is 0 Å². The molecule has 0 amide bonds. The van der Waals surface area contributed by atoms with E-state index in [2.05, 4.69) is 54.7 Å². The fourth-order valence-electron chi connectivity index (χ4n) is 2.02. The number of hydrogen-bond acceptors (Lipinski definition) is 2. The maximum Gasteiger partial charge on any atom is 0.0534 e. The first-order valence-electron chi connectivity index (χ1n) is 6.56. The minimum atomic E-state index is 0.895. The molecule has 0 spiro atoms. The van der Waals surface area contributed by atoms with Crippen molar-refractivity contribution in [1.29, 1.82) is 0 Å². The molecule has 0 aliphatic rings. The molecule has 3 heteroatoms. The Morgan fingerprint density at radius 1 is 1.28 bits per heavy atom. The summed E-state index contributed by atoms with van der Waals surface area (Å²) in [6, 6.07) is 8.56. The Morgan fingerprint density at radius 2 is 2.11 bits per heavy atom. The van der Waals surface area contributed by atoms with Crippen LogP contribution in [0, 0.1) is 6.92 Å². The molecule has 1 heterocycles. The largest absolute Gasteiger partial charge is 0.312 e. The van der Waals surface area contributed by atoms with E-state index < -0.39 is 0 Å². The van der Waals surface area contributed by atoms with Gasteiger partial charge in [-0.25, -0.2) is 0 Å². The van der Waals surface area contributed by atoms with E-state index in [1.165, 1.54) is 16.7 Å². The predicted octanol–water partition coefficient (Wildman–Crippen LogP) is 2.54. The van der Waals surface area contributed by atoms with Gasteiger partial charge in [-0.2, -0.15) is 5.10 Å². The molecule has 0 atom stereocenters. The van der Waals surface area contributed by atoms with E-state index in [0.717, 1.165) is 26.1 Å². The molecule has 1 N–H and O–H groups in total. The monoisotopic (exact) mass is 243 g/mol. The molecule has 2 rings (SSSR count). The van der Waals surface area contributed by atoms with Crippen LogP contribution in [0.1, 0.15) is 23.6 Å². The third-order valence-electron chi connectivity index (χ3n) is 3.17. The summed E-state index contributed by atoms with van der Waals surface area (Å²) in [4.78, 5) is 0. The van der Waals surface area contributed by atoms with Crippen molar-refractivity contribution in [3.05, 3.63) is 53.3 Å². The normalized spacial score (nSPS) is 10.8. The zero-order valence-electron chi connectivity index (χ0n) is 11.2. The van der Waals surface area contributed by atoms with Gasteiger partial charge in [0.2, 0.25) is 0 Å². The van der Waals surface area contributed by atoms with Crippen molar-refractivity contribution < 1.29 is 0 Å². The topological polar surface area (TPSA) is 29.9 Å². The van der Waals surface area contributed by atoms with Gasteiger partial charge in [0.1, 0.15) is 0 Å². The van der Waals surface area contributed by atoms with E-state index in [1.807, 2.05) is 10.9 Å². The van der Waals surface area contributed by atoms with E-state index in [1.54, 1.807) is 0 Å². The van der Waals surface area contributed by atoms with Crippen molar-refractivity contribution in [2.75, 3.05) is 6.54 Å². The van der Waals surface area contributed by atoms with Gasteiger partial charge < -0.3 is 5.32 Å². The second kappa shape index (κ2) is 6.36. The van der Waals surface area contributed by atoms with Crippen LogP contribution < -0.4 is 5.32 Å². The van der Waals surface area contributed by atoms with Crippen molar-refractivity contribution in [3.63, 3.8) is 0 Å². The molecule has 0 fully saturated rings. The Hall–Kier alpha value is -1.61. The summed E-state index contributed by atoms with van der Waals surface area (Å²) >= 11 is 0. The molecule has 0 radical (unpaired) electrons. The van der Waals surface area contributed by atoms with E-state index in [9.17, 15) is 0 Å². The summed E-state index contributed by atoms with van der Waals surface area (Å²) < 4.78 is 1.96. The number of nitrogens with one attached hydrogen (secondary N) is 1. The zero-order valence-corrected chi connectivity index (χ0v) is 11.2. The molecule has 0 unspecified atom stereocenters. The summed E-state index contributed by atoms with van der Waals surface area (Å²) in [5.74, 6) is 0. The zero-order chi connectivity index (χ0) is 12.8. The lowest BCUT2D eigenvalue weighted by atomic mass is 10.1. The first kappa shape index (κ1) is 12.8. The highest BCUT2D eigenvalue weighted by Crippen LogP contribution is 2.07. The molecule has 2 aromatic rings. The minimum absolute atomic E-state index is 0.895. The third kappa shape index (κ3) is 3.44. The van der Waals surface area contributed by atoms with Crippen LogP contribution in [0.3, 0.4) is 0 Å². The molecule has 0 saturated heterocycles. The number of nitrogens with zero attached hydrogens (tertiary/aromatic N) is 2. The van der Waals surface area contributed by atoms with Crippen molar-refractivity contribution in [2.24, 2.45) is 0 Å². The SMILES string of the molecule is CCn1cc(CNCCc2ccccc2C)cn1. The smallest absolute Gasteiger partial charge is 0.0534 e. The van der Waals surface area contributed by atoms with Gasteiger partial charge in [0.15, 0.2) is 0 Å². The van der Waals surface area contributed by atoms with Crippen LogP contribution in [-0.2, 0) is 19.5 Å². The van der Waals surface area contributed by atoms with Gasteiger partial charge in [-0.1, -0.05) is 24.3 Å². The van der Waals surface area contributed by atoms with E-state index in [-0.39, 0.29) is 0 Å². The van der Waals surface area contributed by atoms with Crippen molar-refractivity contribution in [1.82, 2.24) is 15.1 Å². The molecule has 1 aromatic carbocycles. The van der Waals surface area contributed by atoms with Gasteiger partial charge in [0.05, 0.1) is 6.20 Å². The Kier molecular flexibility index (Phi) is 4.53. The fourth-order valence-corrected chi connectivity index (χ4v) is 2.02. The number of rotatable bonds is 6. The average Bonchev–Trinajstić information content (AvgIpc) is 2.84. The maximum absolute atomic E-state index is 4.26. The summed E-state index contributed by atoms with van der Waals surface area (Å²) in [6.45, 7) is 7.10. The van der Waals surface area contributed by atoms with Crippen molar-refractivity contribution in [2.45, 2.75) is 33.4 Å². The molecule has 1 aromatic heterocycles. The lowest BCUT2D eigenvalue weighted by molar-refractivity contribution is 0.655. The van der Waals surface area contributed by atoms with Crippen LogP contribution >= 0.6 is 0 Å². The number of aryl methyl sites for hydroxylation is 2. The quantitative estimate of drug-likeness (QED) is 0.790. The highest BCUT2D eigenvalue weighted by molar-refractivity contribution is 5.25. The minimum Gasteiger partial charge on any atom is -0.312 e. The molecule has 0 aliphatic heterocycles. The fraction of sp³-hybridized carbons (Fsp3) is 0.400. The van der Waals surface area contributed by atoms with E-state index in [0.29, 0.717) is 0 Å². The summed E-state index contributed by atoms with van der Waals surface area (Å²) in [5.41, 5.74) is 4.05. The van der Waals surface area contributed by atoms with Crippen LogP contribution in [0.4, 0.5) is 0 Å². The average molecular weight is 243 g/mol. The Labute approximate surface area is 109 Å². The first-order valence-corrected chi connectivity index (χ1v) is 6.56. The lowest BCUT2D eigenvalue weighted by Gasteiger charge is -2.06. The number of aromatic nitrogens is 2. The number of benzene rings is 1. The lowest BCUT2D eigenvalue weighted by Crippen LogP contribution is -2.16. The van der Waals surface area contributed by atoms with Gasteiger partial charge in [0.25, 0.3) is 0 Å². The standard InChI is InChI=1S/C15H21N3/c1-3-18-12-14(11-17-18)10-16-9-8-15-7-5-4-6-13(15)2/h4-7,11-12,16H,3,8-10H2,1-2H3. The third-order valence-corrected chi connectivity index (χ3v) is 3.17. The van der Waals surface area contributed by atoms with Crippen LogP contribution in [-0.4, -0.2) is 16.3 Å². The molecule has 96 valence electrons. The summed E-state index contributed by atoms with van der Waals surface area (Å²) in [6.07, 6.45) is 5.11. The molecular weight excluding hydrogens is 222 g/mol. The molecule has 0 aliphatic carbocycles. The van der Waals surface area contributed by atoms with Gasteiger partial charge in [-0.3, -0.25) is 4.68 Å². The van der Waals surface area contributed by atoms with Crippen LogP contribution in [0.5, 0.6) is 0 Å². The number of hydrogen-bond donors (Lipinski definition) is 1. The van der Waals surface area contributed by atoms with Crippen molar-refractivity contribution in [3.8, 4) is 0 Å². The maximum atomic E-state index is 4.26. The van der Waals surface area contributed by atoms with Crippen molar-refractivity contribution >= 4 is 0 Å². The highest BCUT2D eigenvalue weighted by Gasteiger charge is 1.98. The summed E-state index contributed by atoms with van der Waals surface area (Å²) in [5, 5.41) is 7.72. The Balaban J connectivity index is 1.74. The van der Waals surface area contributed by atoms with Crippen LogP contribution in [0.25, 0.3) is 0 Å². The molecule has 3 nitrogen and oxygen atoms in total. The Bertz CT molecular complexity index is 488. The Morgan fingerprint density at radius 3 is 2.83 bits per heavy atom. The highest BCUT2D eigenvalue weighted by atomic mass is 15.3. The van der Waals surface area contributed by atoms with Gasteiger partial charge in [-0.05, 0) is 37.9 Å². The van der Waals surface area contributed by atoms with E-state index in [4.69, 9.17) is 0 Å². The molecule has 0 bridgehead atoms. The predicted molar refractivity (Wildman–Crippen MR) is 74.5 cm³/mol. The second-order valence-corrected chi connectivity index (χ2v) is 4.56. The summed E-state index contributed by atoms with van der Waals surface area (Å²) in [7, 11) is 0. The van der Waals surface area contributed by atoms with Gasteiger partial charge in [-0.15, -0.1) is 0 Å². The van der Waals surface area contributed by atoms with Crippen LogP contribution in [0.15, 0.2) is 36.7 Å². The van der Waals surface area contributed by atoms with E-state index >= 15 is 0 Å². The first-order chi connectivity index (χ1) is 8.79. The van der Waals surface area contributed by atoms with Gasteiger partial charge in [0, 0.05) is 24.8 Å². The second-order valence-electron chi connectivity index (χ2n) is 4.56. The molecular formula is C15H21N3. The molecule has 18 heavy (non-hydrogen) atoms.